The molecule has 0 spiro atoms. The number of benzene rings is 1. The molecule has 0 amide bonds. The van der Waals surface area contributed by atoms with E-state index >= 15 is 0 Å². The summed E-state index contributed by atoms with van der Waals surface area (Å²) in [6.45, 7) is 8.36. The van der Waals surface area contributed by atoms with Gasteiger partial charge in [-0.1, -0.05) is 55.8 Å². The van der Waals surface area contributed by atoms with Crippen LogP contribution in [0.15, 0.2) is 28.8 Å². The Morgan fingerprint density at radius 1 is 1.24 bits per heavy atom. The van der Waals surface area contributed by atoms with E-state index in [4.69, 9.17) is 10.3 Å². The Labute approximate surface area is 102 Å². The van der Waals surface area contributed by atoms with E-state index in [1.54, 1.807) is 0 Å². The van der Waals surface area contributed by atoms with Gasteiger partial charge in [0.2, 0.25) is 5.88 Å². The summed E-state index contributed by atoms with van der Waals surface area (Å²) in [5, 5.41) is 4.09. The van der Waals surface area contributed by atoms with Gasteiger partial charge >= 0.3 is 0 Å². The highest BCUT2D eigenvalue weighted by atomic mass is 16.5. The van der Waals surface area contributed by atoms with E-state index in [9.17, 15) is 0 Å². The second-order valence-corrected chi connectivity index (χ2v) is 5.39. The van der Waals surface area contributed by atoms with Crippen LogP contribution < -0.4 is 5.73 Å². The number of anilines is 1. The Hall–Kier alpha value is -1.77. The van der Waals surface area contributed by atoms with Crippen LogP contribution in [0, 0.1) is 6.92 Å². The molecule has 2 N–H and O–H groups in total. The van der Waals surface area contributed by atoms with Crippen molar-refractivity contribution in [3.63, 3.8) is 0 Å². The first-order valence-corrected chi connectivity index (χ1v) is 5.72. The van der Waals surface area contributed by atoms with Gasteiger partial charge in [0.15, 0.2) is 0 Å². The molecule has 0 bridgehead atoms. The maximum Gasteiger partial charge on any atom is 0.230 e. The lowest BCUT2D eigenvalue weighted by molar-refractivity contribution is 0.405. The smallest absolute Gasteiger partial charge is 0.230 e. The fraction of sp³-hybridized carbons (Fsp3) is 0.357. The Morgan fingerprint density at radius 2 is 1.94 bits per heavy atom. The number of nitrogen functional groups attached to an aromatic ring is 1. The van der Waals surface area contributed by atoms with Crippen molar-refractivity contribution < 1.29 is 4.52 Å². The predicted octanol–water partition coefficient (Wildman–Crippen LogP) is 3.53. The van der Waals surface area contributed by atoms with Crippen LogP contribution in [0.25, 0.3) is 11.1 Å². The molecule has 3 heteroatoms. The largest absolute Gasteiger partial charge is 0.367 e. The third-order valence-corrected chi connectivity index (χ3v) is 2.74. The van der Waals surface area contributed by atoms with Crippen LogP contribution in [0.1, 0.15) is 32.0 Å². The molecule has 2 aromatic rings. The van der Waals surface area contributed by atoms with E-state index in [0.717, 1.165) is 16.8 Å². The molecule has 0 radical (unpaired) electrons. The Bertz CT molecular complexity index is 535. The van der Waals surface area contributed by atoms with Crippen LogP contribution in [0.3, 0.4) is 0 Å². The quantitative estimate of drug-likeness (QED) is 0.815. The molecule has 0 atom stereocenters. The van der Waals surface area contributed by atoms with E-state index in [1.807, 2.05) is 12.1 Å². The van der Waals surface area contributed by atoms with Crippen LogP contribution in [-0.4, -0.2) is 5.16 Å². The van der Waals surface area contributed by atoms with Gasteiger partial charge in [-0.2, -0.15) is 0 Å². The van der Waals surface area contributed by atoms with Crippen molar-refractivity contribution >= 4 is 5.88 Å². The van der Waals surface area contributed by atoms with Crippen molar-refractivity contribution in [2.75, 3.05) is 5.73 Å². The molecule has 1 aromatic heterocycles. The summed E-state index contributed by atoms with van der Waals surface area (Å²) in [5.74, 6) is 0.389. The van der Waals surface area contributed by atoms with Gasteiger partial charge in [0.25, 0.3) is 0 Å². The molecule has 0 aliphatic heterocycles. The lowest BCUT2D eigenvalue weighted by Gasteiger charge is -2.16. The Kier molecular flexibility index (Phi) is 2.69. The van der Waals surface area contributed by atoms with E-state index in [0.29, 0.717) is 5.88 Å². The van der Waals surface area contributed by atoms with Gasteiger partial charge < -0.3 is 10.3 Å². The van der Waals surface area contributed by atoms with Crippen LogP contribution in [0.5, 0.6) is 0 Å². The standard InChI is InChI=1S/C14H18N2O/c1-9-6-5-7-10(8-9)11-12(14(2,3)4)16-17-13(11)15/h5-8H,15H2,1-4H3. The van der Waals surface area contributed by atoms with Crippen molar-refractivity contribution in [3.8, 4) is 11.1 Å². The van der Waals surface area contributed by atoms with Crippen molar-refractivity contribution in [2.24, 2.45) is 0 Å². The van der Waals surface area contributed by atoms with Gasteiger partial charge in [0, 0.05) is 5.41 Å². The molecule has 0 saturated heterocycles. The van der Waals surface area contributed by atoms with E-state index < -0.39 is 0 Å². The summed E-state index contributed by atoms with van der Waals surface area (Å²) in [5.41, 5.74) is 9.89. The summed E-state index contributed by atoms with van der Waals surface area (Å²) in [4.78, 5) is 0. The number of aryl methyl sites for hydroxylation is 1. The minimum absolute atomic E-state index is 0.0831. The average Bonchev–Trinajstić information content (AvgIpc) is 2.59. The molecule has 0 unspecified atom stereocenters. The number of aromatic nitrogens is 1. The molecule has 1 heterocycles. The Morgan fingerprint density at radius 3 is 2.53 bits per heavy atom. The highest BCUT2D eigenvalue weighted by molar-refractivity contribution is 5.76. The average molecular weight is 230 g/mol. The fourth-order valence-electron chi connectivity index (χ4n) is 1.89. The SMILES string of the molecule is Cc1cccc(-c2c(C(C)(C)C)noc2N)c1. The van der Waals surface area contributed by atoms with Crippen molar-refractivity contribution in [1.29, 1.82) is 0 Å². The third kappa shape index (κ3) is 2.18. The zero-order chi connectivity index (χ0) is 12.6. The number of hydrogen-bond acceptors (Lipinski definition) is 3. The summed E-state index contributed by atoms with van der Waals surface area (Å²) in [7, 11) is 0. The maximum absolute atomic E-state index is 5.89. The van der Waals surface area contributed by atoms with Gasteiger partial charge in [-0.05, 0) is 12.5 Å². The number of rotatable bonds is 1. The van der Waals surface area contributed by atoms with E-state index in [1.165, 1.54) is 5.56 Å². The maximum atomic E-state index is 5.89. The summed E-state index contributed by atoms with van der Waals surface area (Å²) in [6, 6.07) is 8.21. The van der Waals surface area contributed by atoms with Crippen LogP contribution in [0.4, 0.5) is 5.88 Å². The molecule has 0 aliphatic carbocycles. The Balaban J connectivity index is 2.63. The van der Waals surface area contributed by atoms with Crippen molar-refractivity contribution in [3.05, 3.63) is 35.5 Å². The van der Waals surface area contributed by atoms with Gasteiger partial charge in [0.05, 0.1) is 11.3 Å². The zero-order valence-corrected chi connectivity index (χ0v) is 10.7. The first-order valence-electron chi connectivity index (χ1n) is 5.72. The minimum atomic E-state index is -0.0831. The second-order valence-electron chi connectivity index (χ2n) is 5.39. The fourth-order valence-corrected chi connectivity index (χ4v) is 1.89. The third-order valence-electron chi connectivity index (χ3n) is 2.74. The number of nitrogens with zero attached hydrogens (tertiary/aromatic N) is 1. The summed E-state index contributed by atoms with van der Waals surface area (Å²) in [6.07, 6.45) is 0. The summed E-state index contributed by atoms with van der Waals surface area (Å²) >= 11 is 0. The molecule has 90 valence electrons. The second kappa shape index (κ2) is 3.91. The molecular weight excluding hydrogens is 212 g/mol. The molecule has 0 fully saturated rings. The topological polar surface area (TPSA) is 52.0 Å². The molecule has 2 rings (SSSR count). The normalized spacial score (nSPS) is 11.8. The van der Waals surface area contributed by atoms with Gasteiger partial charge in [-0.3, -0.25) is 0 Å². The highest BCUT2D eigenvalue weighted by Crippen LogP contribution is 2.36. The monoisotopic (exact) mass is 230 g/mol. The van der Waals surface area contributed by atoms with Crippen LogP contribution >= 0.6 is 0 Å². The molecule has 3 nitrogen and oxygen atoms in total. The number of hydrogen-bond donors (Lipinski definition) is 1. The van der Waals surface area contributed by atoms with E-state index in [-0.39, 0.29) is 5.41 Å². The first kappa shape index (κ1) is 11.7. The predicted molar refractivity (Wildman–Crippen MR) is 69.8 cm³/mol. The van der Waals surface area contributed by atoms with Crippen LogP contribution in [0.2, 0.25) is 0 Å². The lowest BCUT2D eigenvalue weighted by Crippen LogP contribution is -2.13. The molecule has 17 heavy (non-hydrogen) atoms. The highest BCUT2D eigenvalue weighted by Gasteiger charge is 2.26. The molecular formula is C14H18N2O. The van der Waals surface area contributed by atoms with Gasteiger partial charge in [-0.15, -0.1) is 0 Å². The molecule has 0 saturated carbocycles. The van der Waals surface area contributed by atoms with Gasteiger partial charge in [-0.25, -0.2) is 0 Å². The zero-order valence-electron chi connectivity index (χ0n) is 10.7. The van der Waals surface area contributed by atoms with Crippen molar-refractivity contribution in [1.82, 2.24) is 5.16 Å². The lowest BCUT2D eigenvalue weighted by atomic mass is 9.87. The minimum Gasteiger partial charge on any atom is -0.367 e. The summed E-state index contributed by atoms with van der Waals surface area (Å²) < 4.78 is 5.14. The van der Waals surface area contributed by atoms with E-state index in [2.05, 4.69) is 45.0 Å². The van der Waals surface area contributed by atoms with Gasteiger partial charge in [0.1, 0.15) is 0 Å². The number of nitrogens with two attached hydrogens (primary N) is 1. The van der Waals surface area contributed by atoms with Crippen molar-refractivity contribution in [2.45, 2.75) is 33.1 Å². The van der Waals surface area contributed by atoms with Crippen LogP contribution in [-0.2, 0) is 5.41 Å². The first-order chi connectivity index (χ1) is 7.89. The molecule has 1 aromatic carbocycles. The molecule has 0 aliphatic rings.